The van der Waals surface area contributed by atoms with Gasteiger partial charge in [0.05, 0.1) is 22.7 Å². The summed E-state index contributed by atoms with van der Waals surface area (Å²) in [5, 5.41) is 4.42. The van der Waals surface area contributed by atoms with E-state index in [1.807, 2.05) is 12.1 Å². The smallest absolute Gasteiger partial charge is 0.135 e. The molecule has 0 saturated carbocycles. The fraction of sp³-hybridized carbons (Fsp3) is 0.105. The predicted octanol–water partition coefficient (Wildman–Crippen LogP) is 31.2. The molecular weight excluding hydrogens is 1430 g/mol. The van der Waals surface area contributed by atoms with Crippen LogP contribution < -0.4 is 9.80 Å². The highest BCUT2D eigenvalue weighted by Gasteiger charge is 2.45. The fourth-order valence-corrected chi connectivity index (χ4v) is 21.6. The summed E-state index contributed by atoms with van der Waals surface area (Å²) in [6, 6.07) is 139. The molecule has 0 radical (unpaired) electrons. The van der Waals surface area contributed by atoms with Gasteiger partial charge in [0.1, 0.15) is 22.3 Å². The molecule has 0 amide bonds. The summed E-state index contributed by atoms with van der Waals surface area (Å²) in [5.74, 6) is 0. The number of benzene rings is 17. The summed E-state index contributed by atoms with van der Waals surface area (Å²) in [5.41, 5.74) is 43.1. The van der Waals surface area contributed by atoms with Crippen molar-refractivity contribution in [3.05, 3.63) is 420 Å². The zero-order valence-electron chi connectivity index (χ0n) is 67.1. The first-order valence-corrected chi connectivity index (χ1v) is 41.6. The third-order valence-corrected chi connectivity index (χ3v) is 27.2. The molecule has 1 atom stereocenters. The minimum absolute atomic E-state index is 0.155. The summed E-state index contributed by atoms with van der Waals surface area (Å²) in [6.45, 7) is 16.9. The van der Waals surface area contributed by atoms with Crippen molar-refractivity contribution in [2.45, 2.75) is 76.5 Å². The maximum Gasteiger partial charge on any atom is 0.135 e. The second-order valence-electron chi connectivity index (χ2n) is 34.7. The summed E-state index contributed by atoms with van der Waals surface area (Å²) in [4.78, 5) is 5.06. The van der Waals surface area contributed by atoms with E-state index in [9.17, 15) is 0 Å². The Morgan fingerprint density at radius 2 is 0.602 bits per heavy atom. The third-order valence-electron chi connectivity index (χ3n) is 27.2. The Labute approximate surface area is 688 Å². The number of rotatable bonds is 13. The molecule has 0 N–H and O–H groups in total. The molecular formula is C114H84N2O2. The van der Waals surface area contributed by atoms with Crippen molar-refractivity contribution in [1.29, 1.82) is 0 Å². The molecule has 2 aromatic heterocycles. The quantitative estimate of drug-likeness (QED) is 0.115. The lowest BCUT2D eigenvalue weighted by Crippen LogP contribution is -2.26. The number of hydrogen-bond acceptors (Lipinski definition) is 4. The molecule has 4 aliphatic carbocycles. The second kappa shape index (κ2) is 26.0. The molecule has 4 nitrogen and oxygen atoms in total. The maximum atomic E-state index is 6.45. The van der Waals surface area contributed by atoms with Gasteiger partial charge in [-0.1, -0.05) is 328 Å². The van der Waals surface area contributed by atoms with Crippen molar-refractivity contribution in [3.8, 4) is 100 Å². The van der Waals surface area contributed by atoms with E-state index >= 15 is 0 Å². The first kappa shape index (κ1) is 69.4. The Bertz CT molecular complexity index is 7440. The molecule has 0 fully saturated rings. The Morgan fingerprint density at radius 1 is 0.220 bits per heavy atom. The Kier molecular flexibility index (Phi) is 15.3. The van der Waals surface area contributed by atoms with E-state index in [0.717, 1.165) is 123 Å². The van der Waals surface area contributed by atoms with Crippen LogP contribution in [-0.2, 0) is 28.1 Å². The highest BCUT2D eigenvalue weighted by molar-refractivity contribution is 6.10. The Balaban J connectivity index is 0.639. The van der Waals surface area contributed by atoms with E-state index in [-0.39, 0.29) is 16.2 Å². The number of nitrogens with zero attached hydrogens (tertiary/aromatic N) is 2. The minimum atomic E-state index is -0.407. The van der Waals surface area contributed by atoms with Gasteiger partial charge in [0.2, 0.25) is 0 Å². The largest absolute Gasteiger partial charge is 0.456 e. The SMILES string of the molecule is CC1(C)c2ccccc2-c2cc(N(c3ccccc3-c3ccc4oc5ccccc5c4c3)c3ccccc3-c3cccc4c3-c3ccccc3C4(C)Cc3cccc4c3C(C)(C)c3ccc(-c5cccc(N(c6ccccc6-c6ccc7oc8ccccc8c7c6)c6ccccc6-c6cccc7c6-c6ccccc6C7(C)C)c5)cc3-4)ccc21. The molecule has 4 aliphatic rings. The van der Waals surface area contributed by atoms with E-state index < -0.39 is 5.41 Å². The predicted molar refractivity (Wildman–Crippen MR) is 492 cm³/mol. The standard InChI is InChI=1S/C114H84N2O2/c1-111(2)93-45-17-8-35-79(93)90-68-76(59-61-95(90)111)116(101-51-21-12-34-78(101)73-58-63-107-92(67-73)83-39-16-25-55-105(83)118-107)103-53-23-14-37-81(103)85-43-29-49-99-109(85)88-41-10-19-47-97(88)114(99,7)69-74-31-27-44-86-89-65-71(56-60-96(89)113(5,6)110(74)86)70-30-26-32-75(64-70)115(100-50-20-11-33-77(100)72-57-62-106-91(66-72)82-38-15-24-54-104(82)117-106)102-52-22-13-36-80(102)84-42-28-48-98-108(84)87-40-9-18-46-94(87)112(98,3)4/h8-68H,69H2,1-7H3. The van der Waals surface area contributed by atoms with Gasteiger partial charge in [0.15, 0.2) is 0 Å². The summed E-state index contributed by atoms with van der Waals surface area (Å²) >= 11 is 0. The van der Waals surface area contributed by atoms with Gasteiger partial charge in [0, 0.05) is 76.8 Å². The van der Waals surface area contributed by atoms with Crippen molar-refractivity contribution >= 4 is 78.0 Å². The number of hydrogen-bond donors (Lipinski definition) is 0. The van der Waals surface area contributed by atoms with Gasteiger partial charge in [-0.3, -0.25) is 0 Å². The fourth-order valence-electron chi connectivity index (χ4n) is 21.6. The van der Waals surface area contributed by atoms with Crippen LogP contribution in [0.4, 0.5) is 34.1 Å². The molecule has 0 aliphatic heterocycles. The van der Waals surface area contributed by atoms with E-state index in [2.05, 4.69) is 416 Å². The van der Waals surface area contributed by atoms with Gasteiger partial charge in [-0.05, 0) is 225 Å². The van der Waals surface area contributed by atoms with Crippen molar-refractivity contribution in [2.75, 3.05) is 9.80 Å². The van der Waals surface area contributed by atoms with Crippen LogP contribution in [0.15, 0.2) is 379 Å². The van der Waals surface area contributed by atoms with Crippen molar-refractivity contribution < 1.29 is 8.83 Å². The molecule has 1 unspecified atom stereocenters. The van der Waals surface area contributed by atoms with E-state index in [4.69, 9.17) is 8.83 Å². The third kappa shape index (κ3) is 10.3. The first-order chi connectivity index (χ1) is 57.7. The molecule has 562 valence electrons. The lowest BCUT2D eigenvalue weighted by atomic mass is 9.71. The number of furan rings is 2. The number of para-hydroxylation sites is 6. The molecule has 17 aromatic carbocycles. The van der Waals surface area contributed by atoms with E-state index in [0.29, 0.717) is 0 Å². The van der Waals surface area contributed by atoms with Crippen LogP contribution in [0.25, 0.3) is 144 Å². The van der Waals surface area contributed by atoms with E-state index in [1.165, 1.54) is 111 Å². The van der Waals surface area contributed by atoms with Crippen LogP contribution in [0.5, 0.6) is 0 Å². The lowest BCUT2D eigenvalue weighted by molar-refractivity contribution is 0.567. The number of anilines is 6. The molecule has 0 bridgehead atoms. The Morgan fingerprint density at radius 3 is 1.21 bits per heavy atom. The molecule has 2 heterocycles. The van der Waals surface area contributed by atoms with Gasteiger partial charge < -0.3 is 18.6 Å². The van der Waals surface area contributed by atoms with Gasteiger partial charge in [-0.15, -0.1) is 0 Å². The topological polar surface area (TPSA) is 32.8 Å². The van der Waals surface area contributed by atoms with Crippen molar-refractivity contribution in [3.63, 3.8) is 0 Å². The average Bonchev–Trinajstić information content (AvgIpc) is 1.55. The first-order valence-electron chi connectivity index (χ1n) is 41.6. The van der Waals surface area contributed by atoms with Crippen LogP contribution in [0.2, 0.25) is 0 Å². The summed E-state index contributed by atoms with van der Waals surface area (Å²) in [6.07, 6.45) is 0.807. The average molecular weight is 1510 g/mol. The zero-order chi connectivity index (χ0) is 79.1. The monoisotopic (exact) mass is 1510 g/mol. The molecule has 19 aromatic rings. The van der Waals surface area contributed by atoms with Crippen molar-refractivity contribution in [2.24, 2.45) is 0 Å². The van der Waals surface area contributed by atoms with Crippen LogP contribution in [0, 0.1) is 0 Å². The van der Waals surface area contributed by atoms with Crippen LogP contribution in [-0.4, -0.2) is 0 Å². The minimum Gasteiger partial charge on any atom is -0.456 e. The van der Waals surface area contributed by atoms with Crippen LogP contribution >= 0.6 is 0 Å². The highest BCUT2D eigenvalue weighted by atomic mass is 16.3. The van der Waals surface area contributed by atoms with Crippen LogP contribution in [0.3, 0.4) is 0 Å². The lowest BCUT2D eigenvalue weighted by Gasteiger charge is -2.32. The molecule has 23 rings (SSSR count). The summed E-state index contributed by atoms with van der Waals surface area (Å²) < 4.78 is 12.9. The highest BCUT2D eigenvalue weighted by Crippen LogP contribution is 2.61. The maximum absolute atomic E-state index is 6.45. The molecule has 4 heteroatoms. The molecule has 118 heavy (non-hydrogen) atoms. The van der Waals surface area contributed by atoms with Gasteiger partial charge in [-0.25, -0.2) is 0 Å². The van der Waals surface area contributed by atoms with E-state index in [1.54, 1.807) is 0 Å². The zero-order valence-corrected chi connectivity index (χ0v) is 67.1. The van der Waals surface area contributed by atoms with Gasteiger partial charge >= 0.3 is 0 Å². The van der Waals surface area contributed by atoms with Gasteiger partial charge in [-0.2, -0.15) is 0 Å². The second-order valence-corrected chi connectivity index (χ2v) is 34.7. The molecule has 0 saturated heterocycles. The Hall–Kier alpha value is -14.1. The van der Waals surface area contributed by atoms with Crippen LogP contribution in [0.1, 0.15) is 98.5 Å². The normalized spacial score (nSPS) is 15.2. The molecule has 0 spiro atoms. The summed E-state index contributed by atoms with van der Waals surface area (Å²) in [7, 11) is 0. The number of fused-ring (bicyclic) bond motifs is 18. The van der Waals surface area contributed by atoms with Gasteiger partial charge in [0.25, 0.3) is 0 Å². The van der Waals surface area contributed by atoms with Crippen molar-refractivity contribution in [1.82, 2.24) is 0 Å².